The fourth-order valence-electron chi connectivity index (χ4n) is 2.24. The number of nitrogens with one attached hydrogen (secondary N) is 1. The van der Waals surface area contributed by atoms with Gasteiger partial charge in [-0.25, -0.2) is 0 Å². The predicted molar refractivity (Wildman–Crippen MR) is 77.6 cm³/mol. The number of carbonyl (C=O) groups is 1. The number of carbonyl (C=O) groups excluding carboxylic acids is 1. The molecule has 1 atom stereocenters. The zero-order chi connectivity index (χ0) is 14.7. The first-order chi connectivity index (χ1) is 10.2. The molecule has 1 amide bonds. The van der Waals surface area contributed by atoms with Gasteiger partial charge in [-0.15, -0.1) is 0 Å². The van der Waals surface area contributed by atoms with Crippen molar-refractivity contribution in [2.24, 2.45) is 0 Å². The smallest absolute Gasteiger partial charge is 0.226 e. The summed E-state index contributed by atoms with van der Waals surface area (Å²) in [6.45, 7) is 3.04. The Labute approximate surface area is 122 Å². The van der Waals surface area contributed by atoms with Crippen LogP contribution < -0.4 is 14.8 Å². The SMILES string of the molecule is C[C@@H](CC(=O)Nc1ccc2c(c1)OCCO2)n1cccn1. The summed E-state index contributed by atoms with van der Waals surface area (Å²) in [6, 6.07) is 7.25. The number of nitrogens with zero attached hydrogens (tertiary/aromatic N) is 2. The fourth-order valence-corrected chi connectivity index (χ4v) is 2.24. The molecule has 0 spiro atoms. The monoisotopic (exact) mass is 287 g/mol. The molecule has 2 heterocycles. The number of hydrogen-bond donors (Lipinski definition) is 1. The molecule has 21 heavy (non-hydrogen) atoms. The molecule has 110 valence electrons. The summed E-state index contributed by atoms with van der Waals surface area (Å²) in [5.74, 6) is 1.32. The van der Waals surface area contributed by atoms with E-state index in [0.717, 1.165) is 0 Å². The Morgan fingerprint density at radius 2 is 2.19 bits per heavy atom. The molecule has 0 aliphatic carbocycles. The second-order valence-electron chi connectivity index (χ2n) is 4.95. The number of benzene rings is 1. The topological polar surface area (TPSA) is 65.4 Å². The maximum atomic E-state index is 12.1. The minimum absolute atomic E-state index is 0.0113. The Morgan fingerprint density at radius 1 is 1.38 bits per heavy atom. The van der Waals surface area contributed by atoms with Crippen molar-refractivity contribution in [1.29, 1.82) is 0 Å². The van der Waals surface area contributed by atoms with Gasteiger partial charge in [-0.05, 0) is 25.1 Å². The van der Waals surface area contributed by atoms with Crippen LogP contribution in [0.15, 0.2) is 36.7 Å². The molecule has 1 aliphatic heterocycles. The van der Waals surface area contributed by atoms with Crippen molar-refractivity contribution < 1.29 is 14.3 Å². The van der Waals surface area contributed by atoms with Crippen LogP contribution >= 0.6 is 0 Å². The molecule has 2 aromatic rings. The van der Waals surface area contributed by atoms with Gasteiger partial charge in [0.25, 0.3) is 0 Å². The molecule has 1 N–H and O–H groups in total. The van der Waals surface area contributed by atoms with Gasteiger partial charge < -0.3 is 14.8 Å². The van der Waals surface area contributed by atoms with E-state index in [-0.39, 0.29) is 11.9 Å². The first-order valence-electron chi connectivity index (χ1n) is 6.91. The van der Waals surface area contributed by atoms with E-state index in [2.05, 4.69) is 10.4 Å². The zero-order valence-corrected chi connectivity index (χ0v) is 11.8. The summed E-state index contributed by atoms with van der Waals surface area (Å²) in [4.78, 5) is 12.1. The number of fused-ring (bicyclic) bond motifs is 1. The third kappa shape index (κ3) is 3.16. The molecule has 1 aromatic carbocycles. The Bertz CT molecular complexity index is 625. The highest BCUT2D eigenvalue weighted by molar-refractivity contribution is 5.91. The van der Waals surface area contributed by atoms with E-state index in [9.17, 15) is 4.79 Å². The lowest BCUT2D eigenvalue weighted by atomic mass is 10.2. The third-order valence-corrected chi connectivity index (χ3v) is 3.28. The van der Waals surface area contributed by atoms with Gasteiger partial charge in [0.05, 0.1) is 6.04 Å². The van der Waals surface area contributed by atoms with Gasteiger partial charge in [0, 0.05) is 30.6 Å². The molecule has 1 aromatic heterocycles. The van der Waals surface area contributed by atoms with Crippen molar-refractivity contribution in [2.45, 2.75) is 19.4 Å². The lowest BCUT2D eigenvalue weighted by Crippen LogP contribution is -2.19. The second kappa shape index (κ2) is 5.87. The number of aromatic nitrogens is 2. The van der Waals surface area contributed by atoms with Crippen LogP contribution in [-0.2, 0) is 4.79 Å². The van der Waals surface area contributed by atoms with Gasteiger partial charge in [-0.1, -0.05) is 0 Å². The van der Waals surface area contributed by atoms with Gasteiger partial charge in [0.2, 0.25) is 5.91 Å². The molecule has 0 bridgehead atoms. The maximum Gasteiger partial charge on any atom is 0.226 e. The summed E-state index contributed by atoms with van der Waals surface area (Å²) in [6.07, 6.45) is 3.91. The van der Waals surface area contributed by atoms with Crippen LogP contribution in [0.3, 0.4) is 0 Å². The van der Waals surface area contributed by atoms with E-state index < -0.39 is 0 Å². The molecule has 1 aliphatic rings. The van der Waals surface area contributed by atoms with Crippen LogP contribution in [0.4, 0.5) is 5.69 Å². The van der Waals surface area contributed by atoms with Gasteiger partial charge in [-0.3, -0.25) is 9.48 Å². The van der Waals surface area contributed by atoms with Crippen molar-refractivity contribution in [3.63, 3.8) is 0 Å². The lowest BCUT2D eigenvalue weighted by molar-refractivity contribution is -0.116. The molecular weight excluding hydrogens is 270 g/mol. The zero-order valence-electron chi connectivity index (χ0n) is 11.8. The summed E-state index contributed by atoms with van der Waals surface area (Å²) in [5.41, 5.74) is 0.705. The van der Waals surface area contributed by atoms with E-state index in [1.807, 2.05) is 25.3 Å². The highest BCUT2D eigenvalue weighted by Crippen LogP contribution is 2.32. The van der Waals surface area contributed by atoms with E-state index >= 15 is 0 Å². The minimum Gasteiger partial charge on any atom is -0.486 e. The standard InChI is InChI=1S/C15H17N3O3/c1-11(18-6-2-5-16-18)9-15(19)17-12-3-4-13-14(10-12)21-8-7-20-13/h2-6,10-11H,7-9H2,1H3,(H,17,19)/t11-/m0/s1. The Balaban J connectivity index is 1.62. The van der Waals surface area contributed by atoms with Crippen LogP contribution in [-0.4, -0.2) is 28.9 Å². The molecule has 6 nitrogen and oxygen atoms in total. The summed E-state index contributed by atoms with van der Waals surface area (Å²) in [7, 11) is 0. The Kier molecular flexibility index (Phi) is 3.77. The van der Waals surface area contributed by atoms with E-state index in [1.54, 1.807) is 23.0 Å². The minimum atomic E-state index is -0.0605. The van der Waals surface area contributed by atoms with Crippen molar-refractivity contribution in [2.75, 3.05) is 18.5 Å². The average molecular weight is 287 g/mol. The predicted octanol–water partition coefficient (Wildman–Crippen LogP) is 2.24. The first-order valence-corrected chi connectivity index (χ1v) is 6.91. The van der Waals surface area contributed by atoms with Crippen LogP contribution in [0.2, 0.25) is 0 Å². The lowest BCUT2D eigenvalue weighted by Gasteiger charge is -2.19. The van der Waals surface area contributed by atoms with Crippen LogP contribution in [0.25, 0.3) is 0 Å². The first kappa shape index (κ1) is 13.5. The number of anilines is 1. The molecular formula is C15H17N3O3. The number of rotatable bonds is 4. The van der Waals surface area contributed by atoms with E-state index in [4.69, 9.17) is 9.47 Å². The van der Waals surface area contributed by atoms with Crippen LogP contribution in [0.5, 0.6) is 11.5 Å². The van der Waals surface area contributed by atoms with Crippen LogP contribution in [0, 0.1) is 0 Å². The Hall–Kier alpha value is -2.50. The highest BCUT2D eigenvalue weighted by atomic mass is 16.6. The van der Waals surface area contributed by atoms with Crippen molar-refractivity contribution >= 4 is 11.6 Å². The normalized spacial score (nSPS) is 14.5. The Morgan fingerprint density at radius 3 is 2.95 bits per heavy atom. The van der Waals surface area contributed by atoms with Crippen molar-refractivity contribution in [3.05, 3.63) is 36.7 Å². The largest absolute Gasteiger partial charge is 0.486 e. The molecule has 3 rings (SSSR count). The molecule has 0 radical (unpaired) electrons. The summed E-state index contributed by atoms with van der Waals surface area (Å²) < 4.78 is 12.7. The van der Waals surface area contributed by atoms with E-state index in [0.29, 0.717) is 36.8 Å². The summed E-state index contributed by atoms with van der Waals surface area (Å²) in [5, 5.41) is 7.00. The van der Waals surface area contributed by atoms with E-state index in [1.165, 1.54) is 0 Å². The number of ether oxygens (including phenoxy) is 2. The molecule has 0 fully saturated rings. The van der Waals surface area contributed by atoms with Gasteiger partial charge in [0.1, 0.15) is 13.2 Å². The second-order valence-corrected chi connectivity index (χ2v) is 4.95. The molecule has 0 saturated heterocycles. The summed E-state index contributed by atoms with van der Waals surface area (Å²) >= 11 is 0. The quantitative estimate of drug-likeness (QED) is 0.936. The number of amides is 1. The molecule has 0 saturated carbocycles. The van der Waals surface area contributed by atoms with Crippen molar-refractivity contribution in [3.8, 4) is 11.5 Å². The van der Waals surface area contributed by atoms with Gasteiger partial charge in [-0.2, -0.15) is 5.10 Å². The third-order valence-electron chi connectivity index (χ3n) is 3.28. The molecule has 0 unspecified atom stereocenters. The highest BCUT2D eigenvalue weighted by Gasteiger charge is 2.14. The van der Waals surface area contributed by atoms with Crippen molar-refractivity contribution in [1.82, 2.24) is 9.78 Å². The van der Waals surface area contributed by atoms with Gasteiger partial charge >= 0.3 is 0 Å². The molecule has 6 heteroatoms. The maximum absolute atomic E-state index is 12.1. The van der Waals surface area contributed by atoms with Gasteiger partial charge in [0.15, 0.2) is 11.5 Å². The fraction of sp³-hybridized carbons (Fsp3) is 0.333. The number of hydrogen-bond acceptors (Lipinski definition) is 4. The van der Waals surface area contributed by atoms with Crippen LogP contribution in [0.1, 0.15) is 19.4 Å². The average Bonchev–Trinajstić information content (AvgIpc) is 3.01.